The Morgan fingerprint density at radius 1 is 1.35 bits per heavy atom. The molecular weight excluding hydrogens is 256 g/mol. The number of nitrogen functional groups attached to an aromatic ring is 1. The molecule has 1 heterocycles. The maximum absolute atomic E-state index is 11.1. The zero-order valence-corrected chi connectivity index (χ0v) is 11.1. The number of rotatable bonds is 5. The minimum Gasteiger partial charge on any atom is -0.494 e. The average Bonchev–Trinajstić information content (AvgIpc) is 2.42. The minimum absolute atomic E-state index is 0.155. The van der Waals surface area contributed by atoms with Crippen LogP contribution in [0.3, 0.4) is 0 Å². The second-order valence-electron chi connectivity index (χ2n) is 4.08. The van der Waals surface area contributed by atoms with E-state index >= 15 is 0 Å². The zero-order chi connectivity index (χ0) is 14.5. The van der Waals surface area contributed by atoms with Gasteiger partial charge in [0.05, 0.1) is 12.3 Å². The van der Waals surface area contributed by atoms with Crippen molar-refractivity contribution in [3.8, 4) is 5.75 Å². The minimum atomic E-state index is -0.601. The number of pyridine rings is 1. The van der Waals surface area contributed by atoms with Crippen LogP contribution in [0.15, 0.2) is 36.4 Å². The Labute approximate surface area is 116 Å². The average molecular weight is 272 g/mol. The van der Waals surface area contributed by atoms with Gasteiger partial charge in [-0.2, -0.15) is 0 Å². The van der Waals surface area contributed by atoms with Crippen LogP contribution in [0.2, 0.25) is 0 Å². The summed E-state index contributed by atoms with van der Waals surface area (Å²) in [6, 6.07) is 10.4. The van der Waals surface area contributed by atoms with E-state index in [-0.39, 0.29) is 5.69 Å². The van der Waals surface area contributed by atoms with Gasteiger partial charge >= 0.3 is 0 Å². The van der Waals surface area contributed by atoms with Gasteiger partial charge in [0.1, 0.15) is 11.4 Å². The van der Waals surface area contributed by atoms with E-state index in [0.29, 0.717) is 18.1 Å². The molecule has 6 nitrogen and oxygen atoms in total. The monoisotopic (exact) mass is 272 g/mol. The number of ether oxygens (including phenoxy) is 1. The van der Waals surface area contributed by atoms with Crippen LogP contribution >= 0.6 is 0 Å². The van der Waals surface area contributed by atoms with Crippen molar-refractivity contribution < 1.29 is 9.53 Å². The molecule has 1 aromatic heterocycles. The van der Waals surface area contributed by atoms with E-state index in [2.05, 4.69) is 10.3 Å². The number of carbonyl (C=O) groups is 1. The van der Waals surface area contributed by atoms with E-state index in [9.17, 15) is 4.79 Å². The number of primary amides is 1. The number of anilines is 3. The highest BCUT2D eigenvalue weighted by atomic mass is 16.5. The summed E-state index contributed by atoms with van der Waals surface area (Å²) in [5.74, 6) is 0.521. The highest BCUT2D eigenvalue weighted by molar-refractivity contribution is 5.92. The van der Waals surface area contributed by atoms with Crippen LogP contribution in [0.25, 0.3) is 0 Å². The number of hydrogen-bond donors (Lipinski definition) is 3. The number of carbonyl (C=O) groups excluding carboxylic acids is 1. The van der Waals surface area contributed by atoms with Crippen LogP contribution in [0.4, 0.5) is 17.2 Å². The van der Waals surface area contributed by atoms with E-state index in [0.717, 1.165) is 11.4 Å². The van der Waals surface area contributed by atoms with Gasteiger partial charge in [-0.25, -0.2) is 4.98 Å². The summed E-state index contributed by atoms with van der Waals surface area (Å²) >= 11 is 0. The third-order valence-corrected chi connectivity index (χ3v) is 2.59. The van der Waals surface area contributed by atoms with Crippen molar-refractivity contribution in [2.45, 2.75) is 6.92 Å². The number of amides is 1. The molecule has 0 atom stereocenters. The second-order valence-corrected chi connectivity index (χ2v) is 4.08. The Hall–Kier alpha value is -2.76. The first kappa shape index (κ1) is 13.7. The van der Waals surface area contributed by atoms with Crippen molar-refractivity contribution in [2.75, 3.05) is 17.7 Å². The Balaban J connectivity index is 2.27. The number of aromatic nitrogens is 1. The summed E-state index contributed by atoms with van der Waals surface area (Å²) in [6.45, 7) is 2.50. The van der Waals surface area contributed by atoms with E-state index < -0.39 is 5.91 Å². The van der Waals surface area contributed by atoms with E-state index in [1.165, 1.54) is 6.07 Å². The van der Waals surface area contributed by atoms with Crippen molar-refractivity contribution in [2.24, 2.45) is 5.73 Å². The maximum Gasteiger partial charge on any atom is 0.267 e. The molecule has 5 N–H and O–H groups in total. The Morgan fingerprint density at radius 2 is 2.15 bits per heavy atom. The summed E-state index contributed by atoms with van der Waals surface area (Å²) in [6.07, 6.45) is 0. The van der Waals surface area contributed by atoms with Gasteiger partial charge < -0.3 is 21.5 Å². The predicted octanol–water partition coefficient (Wildman–Crippen LogP) is 1.90. The molecule has 0 fully saturated rings. The predicted molar refractivity (Wildman–Crippen MR) is 78.1 cm³/mol. The molecule has 0 bridgehead atoms. The number of hydrogen-bond acceptors (Lipinski definition) is 5. The van der Waals surface area contributed by atoms with Crippen molar-refractivity contribution >= 4 is 23.1 Å². The zero-order valence-electron chi connectivity index (χ0n) is 11.1. The maximum atomic E-state index is 11.1. The molecule has 0 unspecified atom stereocenters. The van der Waals surface area contributed by atoms with E-state index in [4.69, 9.17) is 16.2 Å². The van der Waals surface area contributed by atoms with Gasteiger partial charge in [-0.1, -0.05) is 6.07 Å². The smallest absolute Gasteiger partial charge is 0.267 e. The Kier molecular flexibility index (Phi) is 4.05. The van der Waals surface area contributed by atoms with Gasteiger partial charge in [0.2, 0.25) is 0 Å². The van der Waals surface area contributed by atoms with Crippen LogP contribution < -0.4 is 21.5 Å². The van der Waals surface area contributed by atoms with Crippen LogP contribution in [0, 0.1) is 0 Å². The van der Waals surface area contributed by atoms with Gasteiger partial charge in [-0.05, 0) is 31.2 Å². The molecule has 0 spiro atoms. The van der Waals surface area contributed by atoms with Crippen molar-refractivity contribution in [3.05, 3.63) is 42.1 Å². The highest BCUT2D eigenvalue weighted by Crippen LogP contribution is 2.24. The molecule has 0 saturated heterocycles. The first-order valence-corrected chi connectivity index (χ1v) is 6.16. The molecule has 1 amide bonds. The lowest BCUT2D eigenvalue weighted by atomic mass is 10.2. The van der Waals surface area contributed by atoms with Gasteiger partial charge in [-0.3, -0.25) is 4.79 Å². The third-order valence-electron chi connectivity index (χ3n) is 2.59. The SMILES string of the molecule is CCOc1cccc(Nc2nc(C(N)=O)ccc2N)c1. The molecule has 104 valence electrons. The molecule has 20 heavy (non-hydrogen) atoms. The largest absolute Gasteiger partial charge is 0.494 e. The molecule has 0 saturated carbocycles. The van der Waals surface area contributed by atoms with Crippen LogP contribution in [-0.2, 0) is 0 Å². The third kappa shape index (κ3) is 3.17. The van der Waals surface area contributed by atoms with Crippen molar-refractivity contribution in [1.82, 2.24) is 4.98 Å². The van der Waals surface area contributed by atoms with Gasteiger partial charge in [0, 0.05) is 11.8 Å². The lowest BCUT2D eigenvalue weighted by molar-refractivity contribution is 0.0996. The van der Waals surface area contributed by atoms with Gasteiger partial charge in [-0.15, -0.1) is 0 Å². The van der Waals surface area contributed by atoms with Crippen molar-refractivity contribution in [1.29, 1.82) is 0 Å². The molecule has 0 aliphatic heterocycles. The standard InChI is InChI=1S/C14H16N4O2/c1-2-20-10-5-3-4-9(8-10)17-14-11(15)6-7-12(18-14)13(16)19/h3-8H,2,15H2,1H3,(H2,16,19)(H,17,18). The van der Waals surface area contributed by atoms with Crippen molar-refractivity contribution in [3.63, 3.8) is 0 Å². The van der Waals surface area contributed by atoms with Gasteiger partial charge in [0.15, 0.2) is 5.82 Å². The summed E-state index contributed by atoms with van der Waals surface area (Å²) in [5.41, 5.74) is 12.4. The first-order valence-electron chi connectivity index (χ1n) is 6.16. The lowest BCUT2D eigenvalue weighted by Gasteiger charge is -2.10. The molecule has 1 aromatic carbocycles. The molecule has 2 rings (SSSR count). The van der Waals surface area contributed by atoms with Gasteiger partial charge in [0.25, 0.3) is 5.91 Å². The topological polar surface area (TPSA) is 103 Å². The fraction of sp³-hybridized carbons (Fsp3) is 0.143. The van der Waals surface area contributed by atoms with Crippen LogP contribution in [0.5, 0.6) is 5.75 Å². The normalized spacial score (nSPS) is 10.1. The number of nitrogens with one attached hydrogen (secondary N) is 1. The quantitative estimate of drug-likeness (QED) is 0.771. The van der Waals surface area contributed by atoms with Crippen LogP contribution in [-0.4, -0.2) is 17.5 Å². The Bertz CT molecular complexity index is 628. The van der Waals surface area contributed by atoms with E-state index in [1.54, 1.807) is 6.07 Å². The molecule has 6 heteroatoms. The summed E-state index contributed by atoms with van der Waals surface area (Å²) < 4.78 is 5.41. The highest BCUT2D eigenvalue weighted by Gasteiger charge is 2.07. The molecule has 2 aromatic rings. The fourth-order valence-electron chi connectivity index (χ4n) is 1.67. The fourth-order valence-corrected chi connectivity index (χ4v) is 1.67. The van der Waals surface area contributed by atoms with Crippen LogP contribution in [0.1, 0.15) is 17.4 Å². The molecular formula is C14H16N4O2. The number of nitrogens with two attached hydrogens (primary N) is 2. The summed E-state index contributed by atoms with van der Waals surface area (Å²) in [5, 5.41) is 3.04. The number of nitrogens with zero attached hydrogens (tertiary/aromatic N) is 1. The summed E-state index contributed by atoms with van der Waals surface area (Å²) in [4.78, 5) is 15.2. The first-order chi connectivity index (χ1) is 9.60. The molecule has 0 aliphatic carbocycles. The van der Waals surface area contributed by atoms with E-state index in [1.807, 2.05) is 31.2 Å². The second kappa shape index (κ2) is 5.92. The molecule has 0 aliphatic rings. The summed E-state index contributed by atoms with van der Waals surface area (Å²) in [7, 11) is 0. The Morgan fingerprint density at radius 3 is 2.85 bits per heavy atom. The lowest BCUT2D eigenvalue weighted by Crippen LogP contribution is -2.14. The number of benzene rings is 1. The molecule has 0 radical (unpaired) electrons.